The van der Waals surface area contributed by atoms with Gasteiger partial charge in [-0.05, 0) is 17.7 Å². The Balaban J connectivity index is 3.12. The van der Waals surface area contributed by atoms with Crippen molar-refractivity contribution in [3.05, 3.63) is 33.8 Å². The first-order valence-electron chi connectivity index (χ1n) is 3.07. The van der Waals surface area contributed by atoms with E-state index in [2.05, 4.69) is 31.9 Å². The van der Waals surface area contributed by atoms with E-state index in [0.29, 0.717) is 5.56 Å². The highest BCUT2D eigenvalue weighted by molar-refractivity contribution is 9.10. The van der Waals surface area contributed by atoms with Gasteiger partial charge in [-0.1, -0.05) is 37.9 Å². The highest BCUT2D eigenvalue weighted by Gasteiger charge is 1.98. The number of halogens is 2. The van der Waals surface area contributed by atoms with Crippen LogP contribution in [0.3, 0.4) is 0 Å². The van der Waals surface area contributed by atoms with Crippen molar-refractivity contribution in [1.29, 1.82) is 0 Å². The second-order valence-corrected chi connectivity index (χ2v) is 3.52. The fourth-order valence-electron chi connectivity index (χ4n) is 0.770. The minimum atomic E-state index is 0.711. The Morgan fingerprint density at radius 3 is 2.73 bits per heavy atom. The third-order valence-corrected chi connectivity index (χ3v) is 2.73. The van der Waals surface area contributed by atoms with Crippen molar-refractivity contribution >= 4 is 38.1 Å². The van der Waals surface area contributed by atoms with Crippen molar-refractivity contribution in [2.45, 2.75) is 5.33 Å². The Hall–Kier alpha value is -0.150. The van der Waals surface area contributed by atoms with Gasteiger partial charge in [0, 0.05) is 15.4 Å². The number of hydrogen-bond donors (Lipinski definition) is 0. The molecule has 0 N–H and O–H groups in total. The first kappa shape index (κ1) is 8.94. The minimum absolute atomic E-state index is 0.711. The van der Waals surface area contributed by atoms with Gasteiger partial charge in [0.2, 0.25) is 0 Å². The summed E-state index contributed by atoms with van der Waals surface area (Å²) in [5, 5.41) is 0.759. The summed E-state index contributed by atoms with van der Waals surface area (Å²) in [6.07, 6.45) is 0.846. The zero-order valence-corrected chi connectivity index (χ0v) is 8.85. The van der Waals surface area contributed by atoms with Crippen LogP contribution in [0.4, 0.5) is 0 Å². The molecule has 0 atom stereocenters. The molecule has 1 nitrogen and oxygen atoms in total. The Labute approximate surface area is 82.1 Å². The maximum atomic E-state index is 10.4. The van der Waals surface area contributed by atoms with E-state index in [4.69, 9.17) is 0 Å². The zero-order chi connectivity index (χ0) is 8.27. The summed E-state index contributed by atoms with van der Waals surface area (Å²) in [5.41, 5.74) is 1.80. The van der Waals surface area contributed by atoms with Gasteiger partial charge in [-0.25, -0.2) is 0 Å². The standard InChI is InChI=1S/C8H6Br2O/c9-4-7-3-6(5-11)1-2-8(7)10/h1-3,5H,4H2. The van der Waals surface area contributed by atoms with Crippen molar-refractivity contribution in [2.75, 3.05) is 0 Å². The number of hydrogen-bond acceptors (Lipinski definition) is 1. The average molecular weight is 278 g/mol. The summed E-state index contributed by atoms with van der Waals surface area (Å²) in [7, 11) is 0. The predicted octanol–water partition coefficient (Wildman–Crippen LogP) is 3.16. The van der Waals surface area contributed by atoms with E-state index in [0.717, 1.165) is 21.7 Å². The number of rotatable bonds is 2. The monoisotopic (exact) mass is 276 g/mol. The van der Waals surface area contributed by atoms with Crippen LogP contribution < -0.4 is 0 Å². The molecule has 0 amide bonds. The summed E-state index contributed by atoms with van der Waals surface area (Å²) in [4.78, 5) is 10.4. The summed E-state index contributed by atoms with van der Waals surface area (Å²) in [5.74, 6) is 0. The SMILES string of the molecule is O=Cc1ccc(Br)c(CBr)c1. The van der Waals surface area contributed by atoms with E-state index in [1.165, 1.54) is 0 Å². The summed E-state index contributed by atoms with van der Waals surface area (Å²) >= 11 is 6.70. The number of aldehydes is 1. The summed E-state index contributed by atoms with van der Waals surface area (Å²) in [6, 6.07) is 5.51. The zero-order valence-electron chi connectivity index (χ0n) is 5.68. The number of carbonyl (C=O) groups is 1. The van der Waals surface area contributed by atoms with Crippen LogP contribution in [0.2, 0.25) is 0 Å². The molecule has 0 unspecified atom stereocenters. The van der Waals surface area contributed by atoms with Gasteiger partial charge in [0.05, 0.1) is 0 Å². The predicted molar refractivity (Wildman–Crippen MR) is 52.2 cm³/mol. The van der Waals surface area contributed by atoms with Gasteiger partial charge in [0.25, 0.3) is 0 Å². The van der Waals surface area contributed by atoms with Gasteiger partial charge in [-0.15, -0.1) is 0 Å². The second kappa shape index (κ2) is 4.02. The maximum Gasteiger partial charge on any atom is 0.150 e. The molecule has 1 aromatic carbocycles. The number of carbonyl (C=O) groups excluding carboxylic acids is 1. The third kappa shape index (κ3) is 2.14. The molecule has 1 rings (SSSR count). The fraction of sp³-hybridized carbons (Fsp3) is 0.125. The van der Waals surface area contributed by atoms with Crippen LogP contribution in [-0.2, 0) is 5.33 Å². The minimum Gasteiger partial charge on any atom is -0.298 e. The molecule has 0 heterocycles. The molecular formula is C8H6Br2O. The molecule has 0 aromatic heterocycles. The van der Waals surface area contributed by atoms with Crippen molar-refractivity contribution in [3.8, 4) is 0 Å². The molecule has 0 spiro atoms. The molecule has 0 aliphatic rings. The first-order chi connectivity index (χ1) is 5.27. The summed E-state index contributed by atoms with van der Waals surface area (Å²) in [6.45, 7) is 0. The molecular weight excluding hydrogens is 272 g/mol. The fourth-order valence-corrected chi connectivity index (χ4v) is 2.00. The van der Waals surface area contributed by atoms with Crippen molar-refractivity contribution in [1.82, 2.24) is 0 Å². The van der Waals surface area contributed by atoms with Crippen LogP contribution in [-0.4, -0.2) is 6.29 Å². The van der Waals surface area contributed by atoms with E-state index in [9.17, 15) is 4.79 Å². The van der Waals surface area contributed by atoms with E-state index in [1.807, 2.05) is 12.1 Å². The molecule has 0 saturated heterocycles. The van der Waals surface area contributed by atoms with Crippen molar-refractivity contribution in [2.24, 2.45) is 0 Å². The molecule has 58 valence electrons. The van der Waals surface area contributed by atoms with Gasteiger partial charge < -0.3 is 0 Å². The Kier molecular flexibility index (Phi) is 3.27. The first-order valence-corrected chi connectivity index (χ1v) is 4.99. The maximum absolute atomic E-state index is 10.4. The molecule has 0 radical (unpaired) electrons. The Morgan fingerprint density at radius 1 is 1.45 bits per heavy atom. The van der Waals surface area contributed by atoms with E-state index in [1.54, 1.807) is 6.07 Å². The van der Waals surface area contributed by atoms with Crippen molar-refractivity contribution < 1.29 is 4.79 Å². The van der Waals surface area contributed by atoms with Crippen LogP contribution in [0.1, 0.15) is 15.9 Å². The summed E-state index contributed by atoms with van der Waals surface area (Å²) < 4.78 is 1.03. The average Bonchev–Trinajstić information content (AvgIpc) is 2.05. The topological polar surface area (TPSA) is 17.1 Å². The molecule has 11 heavy (non-hydrogen) atoms. The largest absolute Gasteiger partial charge is 0.298 e. The number of alkyl halides is 1. The quantitative estimate of drug-likeness (QED) is 0.600. The lowest BCUT2D eigenvalue weighted by Crippen LogP contribution is -1.84. The van der Waals surface area contributed by atoms with Gasteiger partial charge in [0.15, 0.2) is 0 Å². The number of benzene rings is 1. The third-order valence-electron chi connectivity index (χ3n) is 1.35. The lowest BCUT2D eigenvalue weighted by molar-refractivity contribution is 0.112. The molecule has 0 bridgehead atoms. The van der Waals surface area contributed by atoms with Gasteiger partial charge in [0.1, 0.15) is 6.29 Å². The molecule has 0 aliphatic carbocycles. The molecule has 1 aromatic rings. The van der Waals surface area contributed by atoms with Gasteiger partial charge in [-0.2, -0.15) is 0 Å². The van der Waals surface area contributed by atoms with Crippen molar-refractivity contribution in [3.63, 3.8) is 0 Å². The molecule has 0 fully saturated rings. The molecule has 0 saturated carbocycles. The smallest absolute Gasteiger partial charge is 0.150 e. The second-order valence-electron chi connectivity index (χ2n) is 2.10. The van der Waals surface area contributed by atoms with E-state index in [-0.39, 0.29) is 0 Å². The lowest BCUT2D eigenvalue weighted by Gasteiger charge is -1.99. The van der Waals surface area contributed by atoms with E-state index >= 15 is 0 Å². The normalized spacial score (nSPS) is 9.64. The van der Waals surface area contributed by atoms with Crippen LogP contribution in [0.25, 0.3) is 0 Å². The highest BCUT2D eigenvalue weighted by Crippen LogP contribution is 2.19. The van der Waals surface area contributed by atoms with Crippen LogP contribution in [0, 0.1) is 0 Å². The Morgan fingerprint density at radius 2 is 2.18 bits per heavy atom. The Bertz CT molecular complexity index is 271. The van der Waals surface area contributed by atoms with Gasteiger partial charge in [-0.3, -0.25) is 4.79 Å². The highest BCUT2D eigenvalue weighted by atomic mass is 79.9. The van der Waals surface area contributed by atoms with E-state index < -0.39 is 0 Å². The van der Waals surface area contributed by atoms with Crippen LogP contribution >= 0.6 is 31.9 Å². The lowest BCUT2D eigenvalue weighted by atomic mass is 10.2. The van der Waals surface area contributed by atoms with Crippen LogP contribution in [0.5, 0.6) is 0 Å². The molecule has 0 aliphatic heterocycles. The van der Waals surface area contributed by atoms with Crippen LogP contribution in [0.15, 0.2) is 22.7 Å². The molecule has 3 heteroatoms. The van der Waals surface area contributed by atoms with Gasteiger partial charge >= 0.3 is 0 Å².